The molecule has 82 valence electrons. The van der Waals surface area contributed by atoms with Crippen LogP contribution in [0.3, 0.4) is 0 Å². The molecule has 0 bridgehead atoms. The number of halogens is 3. The molecule has 0 heterocycles. The standard InChI is InChI=1S/C12H7I3O/c13-8-4-6-9(7-5-8)16-11-3-1-2-10(14)12(11)15/h1-7H. The van der Waals surface area contributed by atoms with E-state index < -0.39 is 0 Å². The van der Waals surface area contributed by atoms with Crippen molar-refractivity contribution < 1.29 is 4.74 Å². The maximum Gasteiger partial charge on any atom is 0.141 e. The first-order chi connectivity index (χ1) is 7.66. The van der Waals surface area contributed by atoms with Gasteiger partial charge in [-0.25, -0.2) is 0 Å². The van der Waals surface area contributed by atoms with Crippen LogP contribution in [0.5, 0.6) is 11.5 Å². The summed E-state index contributed by atoms with van der Waals surface area (Å²) in [5.41, 5.74) is 0. The van der Waals surface area contributed by atoms with E-state index in [-0.39, 0.29) is 0 Å². The minimum atomic E-state index is 0.875. The first kappa shape index (κ1) is 12.9. The van der Waals surface area contributed by atoms with Gasteiger partial charge >= 0.3 is 0 Å². The van der Waals surface area contributed by atoms with Crippen LogP contribution in [0.4, 0.5) is 0 Å². The Morgan fingerprint density at radius 2 is 1.50 bits per heavy atom. The fourth-order valence-electron chi connectivity index (χ4n) is 1.19. The number of ether oxygens (including phenoxy) is 1. The van der Waals surface area contributed by atoms with Crippen LogP contribution in [0.2, 0.25) is 0 Å². The molecule has 2 aromatic carbocycles. The minimum absolute atomic E-state index is 0.875. The normalized spacial score (nSPS) is 10.2. The zero-order chi connectivity index (χ0) is 11.5. The summed E-state index contributed by atoms with van der Waals surface area (Å²) in [6.45, 7) is 0. The molecule has 0 unspecified atom stereocenters. The van der Waals surface area contributed by atoms with Crippen molar-refractivity contribution in [2.45, 2.75) is 0 Å². The van der Waals surface area contributed by atoms with Crippen LogP contribution in [0.15, 0.2) is 42.5 Å². The van der Waals surface area contributed by atoms with Gasteiger partial charge in [-0.3, -0.25) is 0 Å². The van der Waals surface area contributed by atoms with Gasteiger partial charge in [0.1, 0.15) is 11.5 Å². The molecule has 4 heteroatoms. The van der Waals surface area contributed by atoms with E-state index in [1.807, 2.05) is 36.4 Å². The molecule has 0 aliphatic rings. The lowest BCUT2D eigenvalue weighted by molar-refractivity contribution is 0.478. The zero-order valence-electron chi connectivity index (χ0n) is 8.08. The number of benzene rings is 2. The summed E-state index contributed by atoms with van der Waals surface area (Å²) in [5.74, 6) is 1.79. The highest BCUT2D eigenvalue weighted by molar-refractivity contribution is 14.1. The number of hydrogen-bond donors (Lipinski definition) is 0. The molecule has 0 spiro atoms. The van der Waals surface area contributed by atoms with Gasteiger partial charge in [-0.2, -0.15) is 0 Å². The van der Waals surface area contributed by atoms with Crippen LogP contribution in [-0.4, -0.2) is 0 Å². The van der Waals surface area contributed by atoms with Crippen LogP contribution in [0.25, 0.3) is 0 Å². The maximum absolute atomic E-state index is 5.83. The molecule has 0 radical (unpaired) electrons. The molecule has 0 aliphatic heterocycles. The predicted octanol–water partition coefficient (Wildman–Crippen LogP) is 5.29. The first-order valence-electron chi connectivity index (χ1n) is 4.54. The molecule has 0 N–H and O–H groups in total. The van der Waals surface area contributed by atoms with E-state index in [4.69, 9.17) is 4.74 Å². The quantitative estimate of drug-likeness (QED) is 0.464. The molecule has 2 aromatic rings. The average molecular weight is 548 g/mol. The van der Waals surface area contributed by atoms with E-state index in [0.29, 0.717) is 0 Å². The summed E-state index contributed by atoms with van der Waals surface area (Å²) in [4.78, 5) is 0. The van der Waals surface area contributed by atoms with Gasteiger partial charge in [0.05, 0.1) is 3.57 Å². The van der Waals surface area contributed by atoms with Gasteiger partial charge in [-0.15, -0.1) is 0 Å². The monoisotopic (exact) mass is 548 g/mol. The highest BCUT2D eigenvalue weighted by Crippen LogP contribution is 2.29. The number of hydrogen-bond acceptors (Lipinski definition) is 1. The van der Waals surface area contributed by atoms with Crippen molar-refractivity contribution in [2.75, 3.05) is 0 Å². The topological polar surface area (TPSA) is 9.23 Å². The molecule has 0 aliphatic carbocycles. The lowest BCUT2D eigenvalue weighted by Gasteiger charge is -2.08. The van der Waals surface area contributed by atoms with Gasteiger partial charge in [0.25, 0.3) is 0 Å². The Balaban J connectivity index is 2.27. The number of rotatable bonds is 2. The summed E-state index contributed by atoms with van der Waals surface area (Å²) < 4.78 is 9.40. The van der Waals surface area contributed by atoms with Gasteiger partial charge in [0, 0.05) is 7.14 Å². The molecular weight excluding hydrogens is 541 g/mol. The van der Waals surface area contributed by atoms with Gasteiger partial charge in [-0.1, -0.05) is 6.07 Å². The Morgan fingerprint density at radius 1 is 0.812 bits per heavy atom. The highest BCUT2D eigenvalue weighted by atomic mass is 127. The summed E-state index contributed by atoms with van der Waals surface area (Å²) in [7, 11) is 0. The van der Waals surface area contributed by atoms with Crippen LogP contribution >= 0.6 is 67.8 Å². The van der Waals surface area contributed by atoms with E-state index in [9.17, 15) is 0 Å². The second-order valence-electron chi connectivity index (χ2n) is 3.11. The van der Waals surface area contributed by atoms with Crippen molar-refractivity contribution in [1.29, 1.82) is 0 Å². The molecule has 2 rings (SSSR count). The fraction of sp³-hybridized carbons (Fsp3) is 0. The Bertz CT molecular complexity index is 494. The lowest BCUT2D eigenvalue weighted by Crippen LogP contribution is -1.89. The van der Waals surface area contributed by atoms with E-state index in [0.717, 1.165) is 15.1 Å². The smallest absolute Gasteiger partial charge is 0.141 e. The molecule has 0 saturated carbocycles. The molecule has 0 saturated heterocycles. The van der Waals surface area contributed by atoms with Crippen molar-refractivity contribution in [3.8, 4) is 11.5 Å². The van der Waals surface area contributed by atoms with Crippen molar-refractivity contribution in [3.05, 3.63) is 53.2 Å². The van der Waals surface area contributed by atoms with Gasteiger partial charge in [0.2, 0.25) is 0 Å². The summed E-state index contributed by atoms with van der Waals surface area (Å²) >= 11 is 6.90. The Labute approximate surface area is 135 Å². The Hall–Kier alpha value is 0.430. The third-order valence-corrected chi connectivity index (χ3v) is 5.72. The molecule has 16 heavy (non-hydrogen) atoms. The molecule has 0 atom stereocenters. The second kappa shape index (κ2) is 5.85. The van der Waals surface area contributed by atoms with Crippen molar-refractivity contribution in [3.63, 3.8) is 0 Å². The molecular formula is C12H7I3O. The van der Waals surface area contributed by atoms with Crippen LogP contribution in [0.1, 0.15) is 0 Å². The van der Waals surface area contributed by atoms with Crippen molar-refractivity contribution in [2.24, 2.45) is 0 Å². The maximum atomic E-state index is 5.83. The second-order valence-corrected chi connectivity index (χ2v) is 6.59. The summed E-state index contributed by atoms with van der Waals surface area (Å²) in [5, 5.41) is 0. The van der Waals surface area contributed by atoms with Gasteiger partial charge in [0.15, 0.2) is 0 Å². The highest BCUT2D eigenvalue weighted by Gasteiger charge is 2.05. The minimum Gasteiger partial charge on any atom is -0.456 e. The van der Waals surface area contributed by atoms with E-state index in [1.165, 1.54) is 7.14 Å². The summed E-state index contributed by atoms with van der Waals surface area (Å²) in [6.07, 6.45) is 0. The van der Waals surface area contributed by atoms with E-state index in [1.54, 1.807) is 0 Å². The Kier molecular flexibility index (Phi) is 4.71. The molecule has 0 fully saturated rings. The van der Waals surface area contributed by atoms with E-state index >= 15 is 0 Å². The van der Waals surface area contributed by atoms with E-state index in [2.05, 4.69) is 73.8 Å². The van der Waals surface area contributed by atoms with Gasteiger partial charge < -0.3 is 4.74 Å². The Morgan fingerprint density at radius 3 is 2.19 bits per heavy atom. The molecule has 0 amide bonds. The first-order valence-corrected chi connectivity index (χ1v) is 7.78. The largest absolute Gasteiger partial charge is 0.456 e. The van der Waals surface area contributed by atoms with Crippen molar-refractivity contribution >= 4 is 67.8 Å². The SMILES string of the molecule is Ic1ccc(Oc2cccc(I)c2I)cc1. The van der Waals surface area contributed by atoms with Crippen molar-refractivity contribution in [1.82, 2.24) is 0 Å². The van der Waals surface area contributed by atoms with Crippen LogP contribution < -0.4 is 4.74 Å². The molecule has 1 nitrogen and oxygen atoms in total. The third kappa shape index (κ3) is 3.22. The van der Waals surface area contributed by atoms with Crippen LogP contribution in [-0.2, 0) is 0 Å². The third-order valence-electron chi connectivity index (χ3n) is 1.96. The van der Waals surface area contributed by atoms with Crippen LogP contribution in [0, 0.1) is 10.7 Å². The predicted molar refractivity (Wildman–Crippen MR) is 91.1 cm³/mol. The average Bonchev–Trinajstić information content (AvgIpc) is 2.28. The summed E-state index contributed by atoms with van der Waals surface area (Å²) in [6, 6.07) is 14.1. The van der Waals surface area contributed by atoms with Gasteiger partial charge in [-0.05, 0) is 104 Å². The zero-order valence-corrected chi connectivity index (χ0v) is 14.6. The fourth-order valence-corrected chi connectivity index (χ4v) is 2.50. The molecule has 0 aromatic heterocycles. The lowest BCUT2D eigenvalue weighted by atomic mass is 10.3.